The Kier molecular flexibility index (Phi) is 4.92. The third-order valence-electron chi connectivity index (χ3n) is 1.41. The molecule has 0 fully saturated rings. The van der Waals surface area contributed by atoms with E-state index in [1.54, 1.807) is 12.1 Å². The van der Waals surface area contributed by atoms with Crippen molar-refractivity contribution in [3.8, 4) is 5.75 Å². The zero-order valence-corrected chi connectivity index (χ0v) is 9.94. The van der Waals surface area contributed by atoms with Crippen LogP contribution in [0, 0.1) is 0 Å². The van der Waals surface area contributed by atoms with Gasteiger partial charge in [-0.05, 0) is 40.2 Å². The van der Waals surface area contributed by atoms with E-state index in [2.05, 4.69) is 15.9 Å². The molecule has 0 saturated carbocycles. The highest BCUT2D eigenvalue weighted by atomic mass is 79.9. The summed E-state index contributed by atoms with van der Waals surface area (Å²) in [5.41, 5.74) is 0. The van der Waals surface area contributed by atoms with Crippen LogP contribution in [0.5, 0.6) is 5.75 Å². The third kappa shape index (κ3) is 4.21. The Balaban J connectivity index is 2.49. The SMILES string of the molecule is ClCCC(Br)Oc1ccc(Cl)cc1. The standard InChI is InChI=1S/C9H9BrCl2O/c10-9(5-6-11)13-8-3-1-7(12)2-4-8/h1-4,9H,5-6H2. The molecule has 0 aliphatic carbocycles. The summed E-state index contributed by atoms with van der Waals surface area (Å²) in [4.78, 5) is 0. The second kappa shape index (κ2) is 5.74. The maximum absolute atomic E-state index is 5.72. The molecule has 0 N–H and O–H groups in total. The van der Waals surface area contributed by atoms with Gasteiger partial charge in [-0.3, -0.25) is 0 Å². The van der Waals surface area contributed by atoms with Crippen LogP contribution in [0.25, 0.3) is 0 Å². The predicted octanol–water partition coefficient (Wildman–Crippen LogP) is 4.07. The van der Waals surface area contributed by atoms with Crippen LogP contribution in [-0.4, -0.2) is 10.9 Å². The second-order valence-electron chi connectivity index (χ2n) is 2.46. The van der Waals surface area contributed by atoms with E-state index in [9.17, 15) is 0 Å². The van der Waals surface area contributed by atoms with Gasteiger partial charge in [-0.15, -0.1) is 11.6 Å². The summed E-state index contributed by atoms with van der Waals surface area (Å²) < 4.78 is 5.48. The van der Waals surface area contributed by atoms with Gasteiger partial charge in [0.2, 0.25) is 0 Å². The molecule has 1 nitrogen and oxygen atoms in total. The van der Waals surface area contributed by atoms with Gasteiger partial charge in [0.1, 0.15) is 5.75 Å². The molecule has 0 amide bonds. The van der Waals surface area contributed by atoms with Gasteiger partial charge in [0.05, 0.1) is 0 Å². The van der Waals surface area contributed by atoms with Crippen molar-refractivity contribution in [2.75, 3.05) is 5.88 Å². The van der Waals surface area contributed by atoms with E-state index in [1.165, 1.54) is 0 Å². The van der Waals surface area contributed by atoms with Gasteiger partial charge in [-0.1, -0.05) is 11.6 Å². The van der Waals surface area contributed by atoms with Crippen LogP contribution in [0.3, 0.4) is 0 Å². The molecule has 72 valence electrons. The molecule has 0 aliphatic rings. The molecule has 0 aromatic heterocycles. The molecule has 0 heterocycles. The van der Waals surface area contributed by atoms with Crippen LogP contribution in [0.4, 0.5) is 0 Å². The van der Waals surface area contributed by atoms with Crippen LogP contribution >= 0.6 is 39.1 Å². The van der Waals surface area contributed by atoms with E-state index >= 15 is 0 Å². The molecule has 0 bridgehead atoms. The normalized spacial score (nSPS) is 12.5. The molecular formula is C9H9BrCl2O. The topological polar surface area (TPSA) is 9.23 Å². The smallest absolute Gasteiger partial charge is 0.154 e. The molecule has 1 aromatic rings. The third-order valence-corrected chi connectivity index (χ3v) is 2.53. The minimum absolute atomic E-state index is 0.0359. The van der Waals surface area contributed by atoms with Crippen molar-refractivity contribution in [1.29, 1.82) is 0 Å². The van der Waals surface area contributed by atoms with Crippen molar-refractivity contribution in [1.82, 2.24) is 0 Å². The molecular weight excluding hydrogens is 275 g/mol. The molecule has 1 unspecified atom stereocenters. The first-order chi connectivity index (χ1) is 6.22. The highest BCUT2D eigenvalue weighted by Crippen LogP contribution is 2.19. The zero-order chi connectivity index (χ0) is 9.68. The van der Waals surface area contributed by atoms with Crippen molar-refractivity contribution in [2.24, 2.45) is 0 Å². The molecule has 0 radical (unpaired) electrons. The summed E-state index contributed by atoms with van der Waals surface area (Å²) in [5, 5.41) is 0.669. The van der Waals surface area contributed by atoms with Crippen molar-refractivity contribution in [3.05, 3.63) is 29.3 Å². The first-order valence-corrected chi connectivity index (χ1v) is 5.67. The second-order valence-corrected chi connectivity index (χ2v) is 4.30. The van der Waals surface area contributed by atoms with Crippen LogP contribution in [-0.2, 0) is 0 Å². The summed E-state index contributed by atoms with van der Waals surface area (Å²) >= 11 is 14.6. The van der Waals surface area contributed by atoms with Crippen LogP contribution in [0.15, 0.2) is 24.3 Å². The fourth-order valence-corrected chi connectivity index (χ4v) is 1.84. The van der Waals surface area contributed by atoms with Crippen molar-refractivity contribution in [3.63, 3.8) is 0 Å². The minimum Gasteiger partial charge on any atom is -0.479 e. The Labute approximate surface area is 96.1 Å². The van der Waals surface area contributed by atoms with E-state index < -0.39 is 0 Å². The maximum atomic E-state index is 5.72. The molecule has 0 aliphatic heterocycles. The zero-order valence-electron chi connectivity index (χ0n) is 6.84. The lowest BCUT2D eigenvalue weighted by Gasteiger charge is -2.11. The molecule has 13 heavy (non-hydrogen) atoms. The molecule has 0 spiro atoms. The van der Waals surface area contributed by atoms with E-state index in [4.69, 9.17) is 27.9 Å². The molecule has 1 aromatic carbocycles. The summed E-state index contributed by atoms with van der Waals surface area (Å²) in [5.74, 6) is 1.36. The quantitative estimate of drug-likeness (QED) is 0.757. The first kappa shape index (κ1) is 11.2. The number of alkyl halides is 2. The summed E-state index contributed by atoms with van der Waals surface area (Å²) in [6, 6.07) is 7.23. The largest absolute Gasteiger partial charge is 0.479 e. The number of hydrogen-bond acceptors (Lipinski definition) is 1. The Bertz CT molecular complexity index is 250. The Morgan fingerprint density at radius 3 is 2.46 bits per heavy atom. The van der Waals surface area contributed by atoms with Gasteiger partial charge in [0.15, 0.2) is 5.01 Å². The number of ether oxygens (including phenoxy) is 1. The highest BCUT2D eigenvalue weighted by Gasteiger charge is 2.03. The Morgan fingerprint density at radius 2 is 1.92 bits per heavy atom. The van der Waals surface area contributed by atoms with Crippen LogP contribution in [0.1, 0.15) is 6.42 Å². The molecule has 0 saturated heterocycles. The fourth-order valence-electron chi connectivity index (χ4n) is 0.806. The van der Waals surface area contributed by atoms with E-state index in [-0.39, 0.29) is 5.01 Å². The summed E-state index contributed by atoms with van der Waals surface area (Å²) in [7, 11) is 0. The van der Waals surface area contributed by atoms with Crippen molar-refractivity contribution < 1.29 is 4.74 Å². The first-order valence-electron chi connectivity index (χ1n) is 3.84. The Hall–Kier alpha value is 0.0800. The summed E-state index contributed by atoms with van der Waals surface area (Å²) in [6.07, 6.45) is 0.768. The lowest BCUT2D eigenvalue weighted by molar-refractivity contribution is 0.291. The van der Waals surface area contributed by atoms with Crippen molar-refractivity contribution in [2.45, 2.75) is 11.4 Å². The van der Waals surface area contributed by atoms with Crippen LogP contribution in [0.2, 0.25) is 5.02 Å². The van der Waals surface area contributed by atoms with E-state index in [0.717, 1.165) is 12.2 Å². The lowest BCUT2D eigenvalue weighted by Crippen LogP contribution is -2.08. The number of hydrogen-bond donors (Lipinski definition) is 0. The average molecular weight is 284 g/mol. The van der Waals surface area contributed by atoms with Gasteiger partial charge in [0.25, 0.3) is 0 Å². The monoisotopic (exact) mass is 282 g/mol. The summed E-state index contributed by atoms with van der Waals surface area (Å²) in [6.45, 7) is 0. The number of rotatable bonds is 4. The maximum Gasteiger partial charge on any atom is 0.154 e. The molecule has 1 rings (SSSR count). The number of benzene rings is 1. The van der Waals surface area contributed by atoms with Crippen LogP contribution < -0.4 is 4.74 Å². The lowest BCUT2D eigenvalue weighted by atomic mass is 10.3. The predicted molar refractivity (Wildman–Crippen MR) is 60.1 cm³/mol. The van der Waals surface area contributed by atoms with Gasteiger partial charge in [-0.2, -0.15) is 0 Å². The van der Waals surface area contributed by atoms with Crippen molar-refractivity contribution >= 4 is 39.1 Å². The highest BCUT2D eigenvalue weighted by molar-refractivity contribution is 9.09. The Morgan fingerprint density at radius 1 is 1.31 bits per heavy atom. The van der Waals surface area contributed by atoms with Gasteiger partial charge >= 0.3 is 0 Å². The molecule has 1 atom stereocenters. The van der Waals surface area contributed by atoms with Gasteiger partial charge < -0.3 is 4.74 Å². The van der Waals surface area contributed by atoms with Gasteiger partial charge in [0, 0.05) is 17.3 Å². The fraction of sp³-hybridized carbons (Fsp3) is 0.333. The molecule has 4 heteroatoms. The average Bonchev–Trinajstić information content (AvgIpc) is 2.09. The number of halogens is 3. The van der Waals surface area contributed by atoms with E-state index in [1.807, 2.05) is 12.1 Å². The van der Waals surface area contributed by atoms with E-state index in [0.29, 0.717) is 10.9 Å². The minimum atomic E-state index is -0.0359. The van der Waals surface area contributed by atoms with Gasteiger partial charge in [-0.25, -0.2) is 0 Å².